The standard InChI is InChI=1S/C13H20N2O4/c1-11(2,3)19-10(18)15-7-13(6-14-9(13)17)5-12(15,4)8-16/h8H,5-7H2,1-4H3,(H,14,17). The number of β-lactam (4-membered cyclic amide) rings is 1. The molecule has 0 bridgehead atoms. The van der Waals surface area contributed by atoms with Crippen LogP contribution in [0.4, 0.5) is 4.79 Å². The quantitative estimate of drug-likeness (QED) is 0.561. The fourth-order valence-electron chi connectivity index (χ4n) is 2.70. The molecule has 1 N–H and O–H groups in total. The normalized spacial score (nSPS) is 33.9. The molecule has 0 radical (unpaired) electrons. The lowest BCUT2D eigenvalue weighted by molar-refractivity contribution is -0.139. The van der Waals surface area contributed by atoms with E-state index in [2.05, 4.69) is 5.32 Å². The average Bonchev–Trinajstić information content (AvgIpc) is 2.62. The summed E-state index contributed by atoms with van der Waals surface area (Å²) in [6.07, 6.45) is 0.546. The van der Waals surface area contributed by atoms with Crippen molar-refractivity contribution in [1.29, 1.82) is 0 Å². The number of rotatable bonds is 1. The monoisotopic (exact) mass is 268 g/mol. The maximum Gasteiger partial charge on any atom is 0.411 e. The Bertz CT molecular complexity index is 442. The zero-order valence-electron chi connectivity index (χ0n) is 11.8. The topological polar surface area (TPSA) is 75.7 Å². The Hall–Kier alpha value is -1.59. The molecule has 1 spiro atoms. The van der Waals surface area contributed by atoms with Gasteiger partial charge in [0, 0.05) is 13.1 Å². The number of nitrogens with zero attached hydrogens (tertiary/aromatic N) is 1. The number of ether oxygens (including phenoxy) is 1. The first-order valence-electron chi connectivity index (χ1n) is 6.37. The minimum absolute atomic E-state index is 0.0911. The van der Waals surface area contributed by atoms with Crippen LogP contribution in [0.15, 0.2) is 0 Å². The first-order valence-corrected chi connectivity index (χ1v) is 6.37. The SMILES string of the molecule is CC(C)(C)OC(=O)N1CC2(CNC2=O)CC1(C)C=O. The Labute approximate surface area is 112 Å². The van der Waals surface area contributed by atoms with Gasteiger partial charge in [-0.05, 0) is 34.1 Å². The van der Waals surface area contributed by atoms with Crippen LogP contribution in [-0.2, 0) is 14.3 Å². The summed E-state index contributed by atoms with van der Waals surface area (Å²) < 4.78 is 5.31. The summed E-state index contributed by atoms with van der Waals surface area (Å²) in [7, 11) is 0. The third-order valence-electron chi connectivity index (χ3n) is 3.71. The molecule has 0 aromatic heterocycles. The largest absolute Gasteiger partial charge is 0.444 e. The van der Waals surface area contributed by atoms with Crippen molar-refractivity contribution < 1.29 is 19.1 Å². The molecule has 106 valence electrons. The molecule has 0 aliphatic carbocycles. The molecule has 0 saturated carbocycles. The van der Waals surface area contributed by atoms with Gasteiger partial charge in [-0.3, -0.25) is 9.69 Å². The van der Waals surface area contributed by atoms with Gasteiger partial charge in [0.15, 0.2) is 0 Å². The smallest absolute Gasteiger partial charge is 0.411 e. The molecular formula is C13H20N2O4. The van der Waals surface area contributed by atoms with Crippen molar-refractivity contribution >= 4 is 18.3 Å². The first kappa shape index (κ1) is 13.8. The van der Waals surface area contributed by atoms with Gasteiger partial charge in [-0.15, -0.1) is 0 Å². The lowest BCUT2D eigenvalue weighted by atomic mass is 9.76. The fourth-order valence-corrected chi connectivity index (χ4v) is 2.70. The van der Waals surface area contributed by atoms with Crippen LogP contribution in [0.2, 0.25) is 0 Å². The molecule has 6 nitrogen and oxygen atoms in total. The zero-order chi connectivity index (χ0) is 14.5. The van der Waals surface area contributed by atoms with Crippen molar-refractivity contribution in [2.45, 2.75) is 45.3 Å². The van der Waals surface area contributed by atoms with Gasteiger partial charge in [-0.2, -0.15) is 0 Å². The highest BCUT2D eigenvalue weighted by atomic mass is 16.6. The molecule has 0 aromatic carbocycles. The molecule has 2 amide bonds. The number of carbonyl (C=O) groups excluding carboxylic acids is 3. The van der Waals surface area contributed by atoms with E-state index < -0.39 is 22.6 Å². The van der Waals surface area contributed by atoms with Gasteiger partial charge in [0.25, 0.3) is 0 Å². The van der Waals surface area contributed by atoms with Crippen LogP contribution in [0.25, 0.3) is 0 Å². The molecule has 2 saturated heterocycles. The van der Waals surface area contributed by atoms with Crippen LogP contribution in [-0.4, -0.2) is 47.4 Å². The lowest BCUT2D eigenvalue weighted by Gasteiger charge is -2.36. The minimum atomic E-state index is -0.972. The number of carbonyl (C=O) groups is 3. The second kappa shape index (κ2) is 3.95. The van der Waals surface area contributed by atoms with Crippen LogP contribution >= 0.6 is 0 Å². The van der Waals surface area contributed by atoms with Crippen molar-refractivity contribution in [2.24, 2.45) is 5.41 Å². The Morgan fingerprint density at radius 2 is 2.11 bits per heavy atom. The van der Waals surface area contributed by atoms with Crippen LogP contribution < -0.4 is 5.32 Å². The number of hydrogen-bond donors (Lipinski definition) is 1. The predicted octanol–water partition coefficient (Wildman–Crippen LogP) is 0.701. The highest BCUT2D eigenvalue weighted by molar-refractivity contribution is 5.92. The fraction of sp³-hybridized carbons (Fsp3) is 0.769. The van der Waals surface area contributed by atoms with Gasteiger partial charge in [0.2, 0.25) is 5.91 Å². The van der Waals surface area contributed by atoms with E-state index in [1.54, 1.807) is 27.7 Å². The Morgan fingerprint density at radius 1 is 1.47 bits per heavy atom. The van der Waals surface area contributed by atoms with Crippen LogP contribution in [0.3, 0.4) is 0 Å². The molecule has 2 rings (SSSR count). The van der Waals surface area contributed by atoms with Crippen molar-refractivity contribution in [2.75, 3.05) is 13.1 Å². The van der Waals surface area contributed by atoms with Gasteiger partial charge < -0.3 is 14.8 Å². The Morgan fingerprint density at radius 3 is 2.47 bits per heavy atom. The highest BCUT2D eigenvalue weighted by Crippen LogP contribution is 2.44. The van der Waals surface area contributed by atoms with Crippen LogP contribution in [0, 0.1) is 5.41 Å². The van der Waals surface area contributed by atoms with E-state index in [0.717, 1.165) is 6.29 Å². The minimum Gasteiger partial charge on any atom is -0.444 e. The van der Waals surface area contributed by atoms with Gasteiger partial charge in [0.1, 0.15) is 17.4 Å². The van der Waals surface area contributed by atoms with E-state index in [9.17, 15) is 14.4 Å². The zero-order valence-corrected chi connectivity index (χ0v) is 11.8. The molecule has 2 aliphatic heterocycles. The molecular weight excluding hydrogens is 248 g/mol. The summed E-state index contributed by atoms with van der Waals surface area (Å²) in [6.45, 7) is 7.73. The van der Waals surface area contributed by atoms with E-state index in [-0.39, 0.29) is 12.5 Å². The molecule has 2 aliphatic rings. The first-order chi connectivity index (χ1) is 8.62. The molecule has 19 heavy (non-hydrogen) atoms. The molecule has 2 atom stereocenters. The van der Waals surface area contributed by atoms with Crippen LogP contribution in [0.1, 0.15) is 34.1 Å². The third-order valence-corrected chi connectivity index (χ3v) is 3.71. The number of nitrogens with one attached hydrogen (secondary N) is 1. The van der Waals surface area contributed by atoms with E-state index in [4.69, 9.17) is 4.74 Å². The van der Waals surface area contributed by atoms with Crippen molar-refractivity contribution in [3.63, 3.8) is 0 Å². The van der Waals surface area contributed by atoms with Gasteiger partial charge in [0.05, 0.1) is 5.41 Å². The van der Waals surface area contributed by atoms with Crippen molar-refractivity contribution in [1.82, 2.24) is 10.2 Å². The maximum absolute atomic E-state index is 12.2. The molecule has 6 heteroatoms. The molecule has 2 unspecified atom stereocenters. The number of amides is 2. The third kappa shape index (κ3) is 2.19. The van der Waals surface area contributed by atoms with Gasteiger partial charge >= 0.3 is 6.09 Å². The number of hydrogen-bond acceptors (Lipinski definition) is 4. The van der Waals surface area contributed by atoms with Crippen molar-refractivity contribution in [3.05, 3.63) is 0 Å². The molecule has 2 fully saturated rings. The predicted molar refractivity (Wildman–Crippen MR) is 67.5 cm³/mol. The van der Waals surface area contributed by atoms with E-state index in [1.165, 1.54) is 4.90 Å². The van der Waals surface area contributed by atoms with Crippen molar-refractivity contribution in [3.8, 4) is 0 Å². The van der Waals surface area contributed by atoms with Crippen LogP contribution in [0.5, 0.6) is 0 Å². The molecule has 2 heterocycles. The second-order valence-electron chi connectivity index (χ2n) is 6.68. The summed E-state index contributed by atoms with van der Waals surface area (Å²) in [4.78, 5) is 36.6. The van der Waals surface area contributed by atoms with Gasteiger partial charge in [-0.1, -0.05) is 0 Å². The van der Waals surface area contributed by atoms with E-state index >= 15 is 0 Å². The summed E-state index contributed by atoms with van der Waals surface area (Å²) in [5, 5.41) is 2.68. The van der Waals surface area contributed by atoms with E-state index in [1.807, 2.05) is 0 Å². The number of likely N-dealkylation sites (tertiary alicyclic amines) is 1. The summed E-state index contributed by atoms with van der Waals surface area (Å²) in [6, 6.07) is 0. The summed E-state index contributed by atoms with van der Waals surface area (Å²) >= 11 is 0. The summed E-state index contributed by atoms with van der Waals surface area (Å²) in [5.74, 6) is -0.0911. The Balaban J connectivity index is 2.21. The maximum atomic E-state index is 12.2. The van der Waals surface area contributed by atoms with E-state index in [0.29, 0.717) is 13.0 Å². The van der Waals surface area contributed by atoms with Gasteiger partial charge in [-0.25, -0.2) is 4.79 Å². The summed E-state index contributed by atoms with van der Waals surface area (Å²) in [5.41, 5.74) is -2.22. The second-order valence-corrected chi connectivity index (χ2v) is 6.68. The molecule has 0 aromatic rings. The Kier molecular flexibility index (Phi) is 2.88. The number of aldehydes is 1. The average molecular weight is 268 g/mol. The highest BCUT2D eigenvalue weighted by Gasteiger charge is 2.61. The lowest BCUT2D eigenvalue weighted by Crippen LogP contribution is -2.60.